The van der Waals surface area contributed by atoms with E-state index in [4.69, 9.17) is 11.6 Å². The van der Waals surface area contributed by atoms with E-state index in [0.29, 0.717) is 10.6 Å². The average molecular weight is 305 g/mol. The minimum absolute atomic E-state index is 0.123. The maximum atomic E-state index is 10.9. The Morgan fingerprint density at radius 2 is 2.31 bits per heavy atom. The number of aliphatic hydroxyl groups excluding tert-OH is 1. The molecule has 1 amide bonds. The van der Waals surface area contributed by atoms with Gasteiger partial charge in [-0.25, -0.2) is 0 Å². The smallest absolute Gasteiger partial charge is 0.243 e. The van der Waals surface area contributed by atoms with Gasteiger partial charge in [-0.15, -0.1) is 0 Å². The second-order valence-corrected chi connectivity index (χ2v) is 4.52. The molecular formula is C11H11BrClNO2. The number of carbonyl (C=O) groups excluding carboxylic acids is 1. The Bertz CT molecular complexity index is 389. The third kappa shape index (κ3) is 3.96. The number of carbonyl (C=O) groups is 1. The molecule has 0 aliphatic carbocycles. The highest BCUT2D eigenvalue weighted by molar-refractivity contribution is 9.10. The van der Waals surface area contributed by atoms with Gasteiger partial charge in [-0.2, -0.15) is 0 Å². The van der Waals surface area contributed by atoms with Gasteiger partial charge in [-0.05, 0) is 29.8 Å². The third-order valence-electron chi connectivity index (χ3n) is 1.92. The van der Waals surface area contributed by atoms with Crippen LogP contribution in [0.1, 0.15) is 11.7 Å². The lowest BCUT2D eigenvalue weighted by atomic mass is 10.1. The molecule has 86 valence electrons. The molecule has 0 saturated carbocycles. The molecule has 5 heteroatoms. The van der Waals surface area contributed by atoms with Gasteiger partial charge in [0.25, 0.3) is 0 Å². The number of benzene rings is 1. The molecular weight excluding hydrogens is 293 g/mol. The Labute approximate surface area is 107 Å². The molecule has 0 aliphatic heterocycles. The second kappa shape index (κ2) is 6.03. The molecule has 0 heterocycles. The van der Waals surface area contributed by atoms with E-state index < -0.39 is 6.10 Å². The van der Waals surface area contributed by atoms with Gasteiger partial charge in [0.2, 0.25) is 5.91 Å². The monoisotopic (exact) mass is 303 g/mol. The molecule has 0 radical (unpaired) electrons. The van der Waals surface area contributed by atoms with Gasteiger partial charge in [0.1, 0.15) is 0 Å². The Morgan fingerprint density at radius 3 is 2.88 bits per heavy atom. The van der Waals surface area contributed by atoms with E-state index in [1.54, 1.807) is 18.2 Å². The van der Waals surface area contributed by atoms with Crippen LogP contribution in [0.3, 0.4) is 0 Å². The minimum atomic E-state index is -0.793. The summed E-state index contributed by atoms with van der Waals surface area (Å²) in [6.45, 7) is 3.44. The highest BCUT2D eigenvalue weighted by Crippen LogP contribution is 2.23. The fourth-order valence-electron chi connectivity index (χ4n) is 1.15. The summed E-state index contributed by atoms with van der Waals surface area (Å²) in [5.74, 6) is -0.319. The first-order valence-corrected chi connectivity index (χ1v) is 5.74. The molecule has 2 N–H and O–H groups in total. The summed E-state index contributed by atoms with van der Waals surface area (Å²) < 4.78 is 0.782. The van der Waals surface area contributed by atoms with Crippen LogP contribution in [-0.2, 0) is 4.79 Å². The summed E-state index contributed by atoms with van der Waals surface area (Å²) in [4.78, 5) is 10.9. The van der Waals surface area contributed by atoms with Gasteiger partial charge < -0.3 is 10.4 Å². The molecule has 0 aromatic heterocycles. The zero-order valence-electron chi connectivity index (χ0n) is 8.41. The molecule has 3 nitrogen and oxygen atoms in total. The first kappa shape index (κ1) is 13.2. The largest absolute Gasteiger partial charge is 0.387 e. The van der Waals surface area contributed by atoms with E-state index in [9.17, 15) is 9.90 Å². The lowest BCUT2D eigenvalue weighted by Gasteiger charge is -2.12. The van der Waals surface area contributed by atoms with Crippen LogP contribution in [0.15, 0.2) is 35.3 Å². The lowest BCUT2D eigenvalue weighted by Crippen LogP contribution is -2.26. The number of hydrogen-bond donors (Lipinski definition) is 2. The molecule has 0 aliphatic rings. The topological polar surface area (TPSA) is 49.3 Å². The molecule has 0 bridgehead atoms. The van der Waals surface area contributed by atoms with Crippen LogP contribution in [0.4, 0.5) is 0 Å². The van der Waals surface area contributed by atoms with Crippen LogP contribution in [0.25, 0.3) is 0 Å². The fraction of sp³-hybridized carbons (Fsp3) is 0.182. The molecule has 0 spiro atoms. The Morgan fingerprint density at radius 1 is 1.62 bits per heavy atom. The fourth-order valence-corrected chi connectivity index (χ4v) is 2.04. The molecule has 1 aromatic rings. The van der Waals surface area contributed by atoms with Crippen molar-refractivity contribution in [3.63, 3.8) is 0 Å². The minimum Gasteiger partial charge on any atom is -0.387 e. The number of rotatable bonds is 4. The van der Waals surface area contributed by atoms with Crippen molar-refractivity contribution < 1.29 is 9.90 Å². The molecule has 1 aromatic carbocycles. The zero-order valence-corrected chi connectivity index (χ0v) is 10.8. The van der Waals surface area contributed by atoms with Crippen LogP contribution in [-0.4, -0.2) is 17.6 Å². The standard InChI is InChI=1S/C11H11BrClNO2/c1-2-11(16)14-6-10(15)7-3-8(12)5-9(13)4-7/h2-5,10,15H,1,6H2,(H,14,16)/t10-/m0/s1. The SMILES string of the molecule is C=CC(=O)NC[C@H](O)c1cc(Cl)cc(Br)c1. The van der Waals surface area contributed by atoms with Crippen LogP contribution in [0, 0.1) is 0 Å². The highest BCUT2D eigenvalue weighted by Gasteiger charge is 2.09. The van der Waals surface area contributed by atoms with E-state index in [-0.39, 0.29) is 12.5 Å². The van der Waals surface area contributed by atoms with Crippen molar-refractivity contribution in [2.24, 2.45) is 0 Å². The molecule has 1 atom stereocenters. The van der Waals surface area contributed by atoms with E-state index in [0.717, 1.165) is 10.5 Å². The Balaban J connectivity index is 2.68. The summed E-state index contributed by atoms with van der Waals surface area (Å²) >= 11 is 9.12. The van der Waals surface area contributed by atoms with Crippen molar-refractivity contribution >= 4 is 33.4 Å². The van der Waals surface area contributed by atoms with Crippen molar-refractivity contribution in [3.05, 3.63) is 45.9 Å². The molecule has 0 unspecified atom stereocenters. The number of halogens is 2. The van der Waals surface area contributed by atoms with Gasteiger partial charge in [0, 0.05) is 16.0 Å². The van der Waals surface area contributed by atoms with Crippen LogP contribution in [0.5, 0.6) is 0 Å². The van der Waals surface area contributed by atoms with Crippen LogP contribution in [0.2, 0.25) is 5.02 Å². The second-order valence-electron chi connectivity index (χ2n) is 3.17. The summed E-state index contributed by atoms with van der Waals surface area (Å²) in [5.41, 5.74) is 0.642. The quantitative estimate of drug-likeness (QED) is 0.840. The number of hydrogen-bond acceptors (Lipinski definition) is 2. The van der Waals surface area contributed by atoms with E-state index in [1.807, 2.05) is 0 Å². The van der Waals surface area contributed by atoms with E-state index in [2.05, 4.69) is 27.8 Å². The van der Waals surface area contributed by atoms with Gasteiger partial charge in [0.15, 0.2) is 0 Å². The molecule has 16 heavy (non-hydrogen) atoms. The first-order valence-electron chi connectivity index (χ1n) is 4.57. The summed E-state index contributed by atoms with van der Waals surface area (Å²) in [5, 5.41) is 12.8. The lowest BCUT2D eigenvalue weighted by molar-refractivity contribution is -0.116. The Hall–Kier alpha value is -0.840. The first-order chi connectivity index (χ1) is 7.52. The Kier molecular flexibility index (Phi) is 4.99. The normalized spacial score (nSPS) is 11.9. The summed E-state index contributed by atoms with van der Waals surface area (Å²) in [6, 6.07) is 5.12. The van der Waals surface area contributed by atoms with Crippen LogP contribution >= 0.6 is 27.5 Å². The third-order valence-corrected chi connectivity index (χ3v) is 2.60. The predicted octanol–water partition coefficient (Wildman–Crippen LogP) is 2.44. The van der Waals surface area contributed by atoms with Crippen molar-refractivity contribution in [2.75, 3.05) is 6.54 Å². The summed E-state index contributed by atoms with van der Waals surface area (Å²) in [7, 11) is 0. The maximum Gasteiger partial charge on any atom is 0.243 e. The van der Waals surface area contributed by atoms with Gasteiger partial charge in [-0.1, -0.05) is 34.1 Å². The van der Waals surface area contributed by atoms with Crippen molar-refractivity contribution in [2.45, 2.75) is 6.10 Å². The number of amides is 1. The van der Waals surface area contributed by atoms with Crippen molar-refractivity contribution in [3.8, 4) is 0 Å². The molecule has 1 rings (SSSR count). The average Bonchev–Trinajstić information content (AvgIpc) is 2.23. The van der Waals surface area contributed by atoms with Crippen molar-refractivity contribution in [1.82, 2.24) is 5.32 Å². The van der Waals surface area contributed by atoms with E-state index >= 15 is 0 Å². The van der Waals surface area contributed by atoms with Gasteiger partial charge >= 0.3 is 0 Å². The number of nitrogens with one attached hydrogen (secondary N) is 1. The number of aliphatic hydroxyl groups is 1. The zero-order chi connectivity index (χ0) is 12.1. The highest BCUT2D eigenvalue weighted by atomic mass is 79.9. The van der Waals surface area contributed by atoms with E-state index in [1.165, 1.54) is 0 Å². The van der Waals surface area contributed by atoms with Crippen molar-refractivity contribution in [1.29, 1.82) is 0 Å². The predicted molar refractivity (Wildman–Crippen MR) is 67.3 cm³/mol. The maximum absolute atomic E-state index is 10.9. The molecule has 0 saturated heterocycles. The molecule has 0 fully saturated rings. The van der Waals surface area contributed by atoms with Crippen LogP contribution < -0.4 is 5.32 Å². The van der Waals surface area contributed by atoms with Gasteiger partial charge in [-0.3, -0.25) is 4.79 Å². The summed E-state index contributed by atoms with van der Waals surface area (Å²) in [6.07, 6.45) is 0.361. The van der Waals surface area contributed by atoms with Gasteiger partial charge in [0.05, 0.1) is 6.10 Å².